The monoisotopic (exact) mass is 469 g/mol. The summed E-state index contributed by atoms with van der Waals surface area (Å²) in [6.07, 6.45) is 2.70. The summed E-state index contributed by atoms with van der Waals surface area (Å²) in [6.45, 7) is 0. The Morgan fingerprint density at radius 2 is 1.62 bits per heavy atom. The molecule has 4 aromatic carbocycles. The van der Waals surface area contributed by atoms with Crippen LogP contribution in [0.1, 0.15) is 22.8 Å². The molecule has 0 radical (unpaired) electrons. The minimum Gasteiger partial charge on any atom is -0.496 e. The van der Waals surface area contributed by atoms with Crippen molar-refractivity contribution in [3.8, 4) is 22.6 Å². The lowest BCUT2D eigenvalue weighted by molar-refractivity contribution is 0.242. The Kier molecular flexibility index (Phi) is 5.82. The van der Waals surface area contributed by atoms with Gasteiger partial charge in [-0.1, -0.05) is 72.8 Å². The zero-order chi connectivity index (χ0) is 23.5. The van der Waals surface area contributed by atoms with Gasteiger partial charge in [-0.15, -0.1) is 0 Å². The number of benzene rings is 4. The van der Waals surface area contributed by atoms with Crippen LogP contribution in [0, 0.1) is 0 Å². The third kappa shape index (κ3) is 4.16. The summed E-state index contributed by atoms with van der Waals surface area (Å²) in [7, 11) is -2.17. The van der Waals surface area contributed by atoms with E-state index in [0.29, 0.717) is 11.5 Å². The number of methoxy groups -OCH3 is 1. The van der Waals surface area contributed by atoms with Crippen LogP contribution in [0.3, 0.4) is 0 Å². The van der Waals surface area contributed by atoms with Crippen molar-refractivity contribution < 1.29 is 17.9 Å². The Hall–Kier alpha value is -4.03. The fourth-order valence-corrected chi connectivity index (χ4v) is 5.03. The lowest BCUT2D eigenvalue weighted by Gasteiger charge is -2.30. The van der Waals surface area contributed by atoms with Gasteiger partial charge in [-0.05, 0) is 47.0 Å². The van der Waals surface area contributed by atoms with E-state index in [1.54, 1.807) is 25.3 Å². The summed E-state index contributed by atoms with van der Waals surface area (Å²) in [5, 5.41) is 0. The Labute approximate surface area is 199 Å². The maximum absolute atomic E-state index is 13.1. The molecule has 0 saturated carbocycles. The average Bonchev–Trinajstić information content (AvgIpc) is 2.88. The van der Waals surface area contributed by atoms with Crippen LogP contribution >= 0.6 is 0 Å². The Bertz CT molecular complexity index is 1450. The van der Waals surface area contributed by atoms with Crippen LogP contribution in [-0.4, -0.2) is 15.5 Å². The highest BCUT2D eigenvalue weighted by atomic mass is 32.2. The normalized spacial score (nSPS) is 14.7. The smallest absolute Gasteiger partial charge is 0.261 e. The fourth-order valence-electron chi connectivity index (χ4n) is 4.12. The van der Waals surface area contributed by atoms with Gasteiger partial charge in [-0.3, -0.25) is 4.72 Å². The molecule has 1 aliphatic heterocycles. The van der Waals surface area contributed by atoms with Gasteiger partial charge in [0.05, 0.1) is 17.6 Å². The summed E-state index contributed by atoms with van der Waals surface area (Å²) in [6, 6.07) is 30.0. The van der Waals surface area contributed by atoms with Crippen molar-refractivity contribution in [3.63, 3.8) is 0 Å². The highest BCUT2D eigenvalue weighted by Gasteiger charge is 2.31. The predicted octanol–water partition coefficient (Wildman–Crippen LogP) is 5.79. The molecule has 1 unspecified atom stereocenters. The Morgan fingerprint density at radius 3 is 2.35 bits per heavy atom. The zero-order valence-corrected chi connectivity index (χ0v) is 19.3. The average molecular weight is 470 g/mol. The maximum Gasteiger partial charge on any atom is 0.261 e. The van der Waals surface area contributed by atoms with Crippen molar-refractivity contribution in [2.45, 2.75) is 11.0 Å². The summed E-state index contributed by atoms with van der Waals surface area (Å²) < 4.78 is 40.7. The van der Waals surface area contributed by atoms with E-state index in [9.17, 15) is 8.42 Å². The summed E-state index contributed by atoms with van der Waals surface area (Å²) in [5.74, 6) is 1.37. The van der Waals surface area contributed by atoms with Gasteiger partial charge in [-0.25, -0.2) is 8.42 Å². The second kappa shape index (κ2) is 9.08. The number of nitrogens with one attached hydrogen (secondary N) is 1. The van der Waals surface area contributed by atoms with E-state index < -0.39 is 16.1 Å². The summed E-state index contributed by atoms with van der Waals surface area (Å²) >= 11 is 0. The number of hydrogen-bond acceptors (Lipinski definition) is 4. The van der Waals surface area contributed by atoms with Gasteiger partial charge in [-0.2, -0.15) is 0 Å². The highest BCUT2D eigenvalue weighted by molar-refractivity contribution is 7.89. The number of fused-ring (bicyclic) bond motifs is 3. The first-order chi connectivity index (χ1) is 16.6. The van der Waals surface area contributed by atoms with Crippen molar-refractivity contribution in [2.75, 3.05) is 7.11 Å². The second-order valence-electron chi connectivity index (χ2n) is 7.86. The van der Waals surface area contributed by atoms with Crippen LogP contribution in [0.2, 0.25) is 0 Å². The van der Waals surface area contributed by atoms with Gasteiger partial charge in [0.2, 0.25) is 0 Å². The van der Waals surface area contributed by atoms with Crippen molar-refractivity contribution in [1.29, 1.82) is 0 Å². The molecule has 1 heterocycles. The molecule has 1 aliphatic rings. The molecule has 1 N–H and O–H groups in total. The van der Waals surface area contributed by atoms with Crippen LogP contribution in [0.15, 0.2) is 108 Å². The van der Waals surface area contributed by atoms with Gasteiger partial charge in [0.1, 0.15) is 17.6 Å². The lowest BCUT2D eigenvalue weighted by atomic mass is 9.89. The van der Waals surface area contributed by atoms with Crippen LogP contribution in [-0.2, 0) is 10.0 Å². The van der Waals surface area contributed by atoms with Crippen molar-refractivity contribution in [2.24, 2.45) is 0 Å². The molecule has 0 saturated heterocycles. The first kappa shape index (κ1) is 21.8. The van der Waals surface area contributed by atoms with Crippen LogP contribution in [0.4, 0.5) is 0 Å². The molecule has 5 nitrogen and oxygen atoms in total. The Balaban J connectivity index is 1.57. The molecule has 0 aliphatic carbocycles. The second-order valence-corrected chi connectivity index (χ2v) is 9.57. The molecule has 4 aromatic rings. The molecule has 34 heavy (non-hydrogen) atoms. The molecule has 0 aromatic heterocycles. The molecule has 6 heteroatoms. The zero-order valence-electron chi connectivity index (χ0n) is 18.5. The van der Waals surface area contributed by atoms with Gasteiger partial charge in [0.25, 0.3) is 10.0 Å². The topological polar surface area (TPSA) is 64.6 Å². The van der Waals surface area contributed by atoms with Crippen molar-refractivity contribution in [1.82, 2.24) is 4.72 Å². The van der Waals surface area contributed by atoms with Crippen LogP contribution < -0.4 is 14.2 Å². The first-order valence-corrected chi connectivity index (χ1v) is 12.3. The van der Waals surface area contributed by atoms with E-state index in [2.05, 4.69) is 4.72 Å². The SMILES string of the molecule is COc1cccc2c1-c1ccc(S(=O)(=O)N/C=C/c3ccccc3)cc1C(c1ccccc1)O2. The third-order valence-corrected chi connectivity index (χ3v) is 7.06. The van der Waals surface area contributed by atoms with E-state index in [-0.39, 0.29) is 4.90 Å². The molecule has 0 spiro atoms. The van der Waals surface area contributed by atoms with Gasteiger partial charge < -0.3 is 9.47 Å². The molecule has 0 amide bonds. The quantitative estimate of drug-likeness (QED) is 0.388. The van der Waals surface area contributed by atoms with Crippen molar-refractivity contribution in [3.05, 3.63) is 120 Å². The van der Waals surface area contributed by atoms with E-state index in [1.165, 1.54) is 6.20 Å². The van der Waals surface area contributed by atoms with E-state index >= 15 is 0 Å². The lowest BCUT2D eigenvalue weighted by Crippen LogP contribution is -2.20. The van der Waals surface area contributed by atoms with Gasteiger partial charge in [0.15, 0.2) is 0 Å². The molecule has 0 fully saturated rings. The molecule has 0 bridgehead atoms. The molecule has 170 valence electrons. The summed E-state index contributed by atoms with van der Waals surface area (Å²) in [5.41, 5.74) is 4.29. The number of ether oxygens (including phenoxy) is 2. The van der Waals surface area contributed by atoms with Crippen molar-refractivity contribution >= 4 is 16.1 Å². The Morgan fingerprint density at radius 1 is 0.882 bits per heavy atom. The van der Waals surface area contributed by atoms with E-state index in [0.717, 1.165) is 27.8 Å². The predicted molar refractivity (Wildman–Crippen MR) is 133 cm³/mol. The molecular formula is C28H23NO4S. The minimum atomic E-state index is -3.79. The van der Waals surface area contributed by atoms with Crippen LogP contribution in [0.5, 0.6) is 11.5 Å². The fraction of sp³-hybridized carbons (Fsp3) is 0.0714. The number of sulfonamides is 1. The largest absolute Gasteiger partial charge is 0.496 e. The summed E-state index contributed by atoms with van der Waals surface area (Å²) in [4.78, 5) is 0.159. The van der Waals surface area contributed by atoms with Crippen LogP contribution in [0.25, 0.3) is 17.2 Å². The number of hydrogen-bond donors (Lipinski definition) is 1. The first-order valence-electron chi connectivity index (χ1n) is 10.8. The highest BCUT2D eigenvalue weighted by Crippen LogP contribution is 2.49. The third-order valence-electron chi connectivity index (χ3n) is 5.74. The standard InChI is InChI=1S/C28H23NO4S/c1-32-25-13-8-14-26-27(25)23-16-15-22(19-24(23)28(33-26)21-11-6-3-7-12-21)34(30,31)29-18-17-20-9-4-2-5-10-20/h2-19,28-29H,1H3/b18-17+. The van der Waals surface area contributed by atoms with E-state index in [1.807, 2.05) is 84.9 Å². The molecule has 1 atom stereocenters. The maximum atomic E-state index is 13.1. The van der Waals surface area contributed by atoms with Gasteiger partial charge >= 0.3 is 0 Å². The number of rotatable bonds is 6. The molecular weight excluding hydrogens is 446 g/mol. The van der Waals surface area contributed by atoms with E-state index in [4.69, 9.17) is 9.47 Å². The van der Waals surface area contributed by atoms with Gasteiger partial charge in [0, 0.05) is 11.8 Å². The molecule has 5 rings (SSSR count). The minimum absolute atomic E-state index is 0.159.